The van der Waals surface area contributed by atoms with Gasteiger partial charge in [0.05, 0.1) is 11.9 Å². The standard InChI is InChI=1S/C13H20N2O3S/c1-10-6-8-12(9-7-10)15(19(5,17)18)11(2)13(16)14(3)4/h6-9,11H,1-5H3. The fourth-order valence-corrected chi connectivity index (χ4v) is 3.04. The minimum atomic E-state index is -3.52. The van der Waals surface area contributed by atoms with Crippen molar-refractivity contribution in [2.45, 2.75) is 19.9 Å². The number of aryl methyl sites for hydroxylation is 1. The molecule has 0 radical (unpaired) electrons. The Bertz CT molecular complexity index is 550. The minimum absolute atomic E-state index is 0.258. The summed E-state index contributed by atoms with van der Waals surface area (Å²) in [6.45, 7) is 3.51. The molecule has 0 bridgehead atoms. The van der Waals surface area contributed by atoms with Gasteiger partial charge in [-0.15, -0.1) is 0 Å². The lowest BCUT2D eigenvalue weighted by Gasteiger charge is -2.29. The molecule has 0 aromatic heterocycles. The zero-order valence-electron chi connectivity index (χ0n) is 11.9. The third-order valence-electron chi connectivity index (χ3n) is 2.80. The predicted molar refractivity (Wildman–Crippen MR) is 76.7 cm³/mol. The molecule has 0 fully saturated rings. The number of anilines is 1. The Morgan fingerprint density at radius 1 is 1.16 bits per heavy atom. The Labute approximate surface area is 114 Å². The van der Waals surface area contributed by atoms with Crippen LogP contribution in [0.1, 0.15) is 12.5 Å². The van der Waals surface area contributed by atoms with Gasteiger partial charge >= 0.3 is 0 Å². The third-order valence-corrected chi connectivity index (χ3v) is 4.04. The normalized spacial score (nSPS) is 12.9. The summed E-state index contributed by atoms with van der Waals surface area (Å²) in [5.41, 5.74) is 1.53. The van der Waals surface area contributed by atoms with Gasteiger partial charge in [-0.3, -0.25) is 9.10 Å². The maximum Gasteiger partial charge on any atom is 0.245 e. The highest BCUT2D eigenvalue weighted by Gasteiger charge is 2.29. The average molecular weight is 284 g/mol. The van der Waals surface area contributed by atoms with Gasteiger partial charge in [0, 0.05) is 14.1 Å². The van der Waals surface area contributed by atoms with E-state index >= 15 is 0 Å². The summed E-state index contributed by atoms with van der Waals surface area (Å²) in [5.74, 6) is -0.258. The zero-order valence-corrected chi connectivity index (χ0v) is 12.7. The van der Waals surface area contributed by atoms with Crippen LogP contribution >= 0.6 is 0 Å². The van der Waals surface area contributed by atoms with Gasteiger partial charge in [-0.2, -0.15) is 0 Å². The second kappa shape index (κ2) is 5.61. The molecule has 1 atom stereocenters. The quantitative estimate of drug-likeness (QED) is 0.836. The van der Waals surface area contributed by atoms with E-state index in [0.29, 0.717) is 5.69 Å². The Morgan fingerprint density at radius 2 is 1.63 bits per heavy atom. The number of hydrogen-bond acceptors (Lipinski definition) is 3. The molecule has 1 aromatic rings. The highest BCUT2D eigenvalue weighted by atomic mass is 32.2. The molecule has 106 valence electrons. The molecule has 0 spiro atoms. The fraction of sp³-hybridized carbons (Fsp3) is 0.462. The Kier molecular flexibility index (Phi) is 4.57. The van der Waals surface area contributed by atoms with E-state index in [1.54, 1.807) is 33.2 Å². The van der Waals surface area contributed by atoms with Crippen molar-refractivity contribution in [2.75, 3.05) is 24.7 Å². The van der Waals surface area contributed by atoms with Gasteiger partial charge in [0.1, 0.15) is 6.04 Å². The van der Waals surface area contributed by atoms with Crippen LogP contribution in [0.3, 0.4) is 0 Å². The molecule has 1 unspecified atom stereocenters. The van der Waals surface area contributed by atoms with Crippen LogP contribution < -0.4 is 4.31 Å². The molecular formula is C13H20N2O3S. The first-order valence-electron chi connectivity index (χ1n) is 5.92. The molecule has 5 nitrogen and oxygen atoms in total. The summed E-state index contributed by atoms with van der Waals surface area (Å²) < 4.78 is 25.0. The van der Waals surface area contributed by atoms with Crippen molar-refractivity contribution in [3.05, 3.63) is 29.8 Å². The molecule has 1 aromatic carbocycles. The van der Waals surface area contributed by atoms with Crippen LogP contribution in [-0.2, 0) is 14.8 Å². The van der Waals surface area contributed by atoms with Crippen molar-refractivity contribution < 1.29 is 13.2 Å². The van der Waals surface area contributed by atoms with E-state index in [1.807, 2.05) is 19.1 Å². The Morgan fingerprint density at radius 3 is 2.00 bits per heavy atom. The first kappa shape index (κ1) is 15.5. The molecule has 0 aliphatic heterocycles. The molecule has 6 heteroatoms. The van der Waals surface area contributed by atoms with Crippen molar-refractivity contribution in [2.24, 2.45) is 0 Å². The lowest BCUT2D eigenvalue weighted by molar-refractivity contribution is -0.129. The fourth-order valence-electron chi connectivity index (χ4n) is 1.87. The van der Waals surface area contributed by atoms with Crippen LogP contribution in [0.5, 0.6) is 0 Å². The third kappa shape index (κ3) is 3.70. The summed E-state index contributed by atoms with van der Waals surface area (Å²) in [7, 11) is -0.312. The average Bonchev–Trinajstić information content (AvgIpc) is 2.29. The Balaban J connectivity index is 3.24. The molecule has 1 rings (SSSR count). The molecule has 0 aliphatic carbocycles. The van der Waals surface area contributed by atoms with Crippen LogP contribution in [0.25, 0.3) is 0 Å². The number of nitrogens with zero attached hydrogens (tertiary/aromatic N) is 2. The van der Waals surface area contributed by atoms with Crippen molar-refractivity contribution in [3.8, 4) is 0 Å². The van der Waals surface area contributed by atoms with E-state index in [9.17, 15) is 13.2 Å². The first-order chi connectivity index (χ1) is 8.64. The summed E-state index contributed by atoms with van der Waals surface area (Å²) in [5, 5.41) is 0. The van der Waals surface area contributed by atoms with E-state index < -0.39 is 16.1 Å². The maximum absolute atomic E-state index is 12.0. The molecule has 19 heavy (non-hydrogen) atoms. The summed E-state index contributed by atoms with van der Waals surface area (Å²) in [6.07, 6.45) is 1.10. The molecule has 0 N–H and O–H groups in total. The van der Waals surface area contributed by atoms with E-state index in [4.69, 9.17) is 0 Å². The van der Waals surface area contributed by atoms with Crippen LogP contribution in [0, 0.1) is 6.92 Å². The Hall–Kier alpha value is -1.56. The molecule has 1 amide bonds. The summed E-state index contributed by atoms with van der Waals surface area (Å²) in [6, 6.07) is 6.28. The predicted octanol–water partition coefficient (Wildman–Crippen LogP) is 1.24. The molecular weight excluding hydrogens is 264 g/mol. The van der Waals surface area contributed by atoms with Crippen LogP contribution in [0.4, 0.5) is 5.69 Å². The second-order valence-corrected chi connectivity index (χ2v) is 6.66. The number of sulfonamides is 1. The number of rotatable bonds is 4. The largest absolute Gasteiger partial charge is 0.347 e. The number of amides is 1. The van der Waals surface area contributed by atoms with Gasteiger partial charge in [-0.05, 0) is 26.0 Å². The van der Waals surface area contributed by atoms with Crippen LogP contribution in [-0.4, -0.2) is 45.6 Å². The van der Waals surface area contributed by atoms with Crippen molar-refractivity contribution in [3.63, 3.8) is 0 Å². The number of carbonyl (C=O) groups is 1. The lowest BCUT2D eigenvalue weighted by Crippen LogP contribution is -2.47. The topological polar surface area (TPSA) is 57.7 Å². The van der Waals surface area contributed by atoms with Crippen LogP contribution in [0.15, 0.2) is 24.3 Å². The van der Waals surface area contributed by atoms with Gasteiger partial charge in [0.25, 0.3) is 0 Å². The summed E-state index contributed by atoms with van der Waals surface area (Å²) >= 11 is 0. The van der Waals surface area contributed by atoms with Gasteiger partial charge in [0.15, 0.2) is 0 Å². The molecule has 0 heterocycles. The zero-order chi connectivity index (χ0) is 14.8. The minimum Gasteiger partial charge on any atom is -0.347 e. The molecule has 0 saturated heterocycles. The highest BCUT2D eigenvalue weighted by Crippen LogP contribution is 2.21. The SMILES string of the molecule is Cc1ccc(N(C(C)C(=O)N(C)C)S(C)(=O)=O)cc1. The monoisotopic (exact) mass is 284 g/mol. The lowest BCUT2D eigenvalue weighted by atomic mass is 10.2. The first-order valence-corrected chi connectivity index (χ1v) is 7.76. The van der Waals surface area contributed by atoms with E-state index in [2.05, 4.69) is 0 Å². The van der Waals surface area contributed by atoms with Gasteiger partial charge in [0.2, 0.25) is 15.9 Å². The van der Waals surface area contributed by atoms with E-state index in [1.165, 1.54) is 4.90 Å². The number of likely N-dealkylation sites (N-methyl/N-ethyl adjacent to an activating group) is 1. The van der Waals surface area contributed by atoms with E-state index in [-0.39, 0.29) is 5.91 Å². The maximum atomic E-state index is 12.0. The second-order valence-electron chi connectivity index (χ2n) is 4.80. The highest BCUT2D eigenvalue weighted by molar-refractivity contribution is 7.92. The van der Waals surface area contributed by atoms with Crippen molar-refractivity contribution >= 4 is 21.6 Å². The van der Waals surface area contributed by atoms with Crippen molar-refractivity contribution in [1.29, 1.82) is 0 Å². The number of benzene rings is 1. The molecule has 0 saturated carbocycles. The molecule has 0 aliphatic rings. The smallest absolute Gasteiger partial charge is 0.245 e. The van der Waals surface area contributed by atoms with Crippen molar-refractivity contribution in [1.82, 2.24) is 4.90 Å². The van der Waals surface area contributed by atoms with Gasteiger partial charge < -0.3 is 4.90 Å². The van der Waals surface area contributed by atoms with Gasteiger partial charge in [-0.1, -0.05) is 17.7 Å². The van der Waals surface area contributed by atoms with Gasteiger partial charge in [-0.25, -0.2) is 8.42 Å². The van der Waals surface area contributed by atoms with E-state index in [0.717, 1.165) is 16.1 Å². The number of hydrogen-bond donors (Lipinski definition) is 0. The number of carbonyl (C=O) groups excluding carboxylic acids is 1. The summed E-state index contributed by atoms with van der Waals surface area (Å²) in [4.78, 5) is 13.4. The van der Waals surface area contributed by atoms with Crippen LogP contribution in [0.2, 0.25) is 0 Å².